The maximum absolute atomic E-state index is 15.3. The quantitative estimate of drug-likeness (QED) is 0.136. The van der Waals surface area contributed by atoms with Crippen LogP contribution in [0.4, 0.5) is 52.7 Å². The number of rotatable bonds is 5. The Morgan fingerprint density at radius 3 is 1.10 bits per heavy atom. The summed E-state index contributed by atoms with van der Waals surface area (Å²) in [5, 5.41) is -7.42. The highest BCUT2D eigenvalue weighted by atomic mass is 19.2. The first kappa shape index (κ1) is 28.2. The molecule has 14 heteroatoms. The fourth-order valence-electron chi connectivity index (χ4n) is 4.11. The lowest BCUT2D eigenvalue weighted by Gasteiger charge is -2.23. The fourth-order valence-corrected chi connectivity index (χ4v) is 4.11. The van der Waals surface area contributed by atoms with Gasteiger partial charge in [-0.15, -0.1) is 0 Å². The zero-order valence-corrected chi connectivity index (χ0v) is 19.6. The van der Waals surface area contributed by atoms with Crippen molar-refractivity contribution in [2.45, 2.75) is 26.9 Å². The minimum absolute atomic E-state index is 0.648. The van der Waals surface area contributed by atoms with Crippen molar-refractivity contribution in [2.75, 3.05) is 6.61 Å². The Balaban J connectivity index is 2.52. The molecule has 2 nitrogen and oxygen atoms in total. The van der Waals surface area contributed by atoms with Gasteiger partial charge in [0.2, 0.25) is 11.6 Å². The topological polar surface area (TPSA) is 18.5 Å². The SMILES string of the molecule is CCOc1c(F)c(F)c2c(F)c(F)c(F)c(F)c2c1-c1c(OC(C)C)c(F)c(F)c2c(F)c(F)c(F)c(F)c12. The van der Waals surface area contributed by atoms with Gasteiger partial charge in [-0.3, -0.25) is 0 Å². The first-order chi connectivity index (χ1) is 18.2. The molecule has 0 N–H and O–H groups in total. The maximum atomic E-state index is 15.3. The molecule has 0 aliphatic rings. The zero-order valence-electron chi connectivity index (χ0n) is 19.6. The Kier molecular flexibility index (Phi) is 7.02. The Morgan fingerprint density at radius 1 is 0.436 bits per heavy atom. The smallest absolute Gasteiger partial charge is 0.202 e. The van der Waals surface area contributed by atoms with Crippen molar-refractivity contribution >= 4 is 21.5 Å². The molecule has 39 heavy (non-hydrogen) atoms. The monoisotopic (exact) mass is 572 g/mol. The van der Waals surface area contributed by atoms with E-state index in [-0.39, 0.29) is 0 Å². The van der Waals surface area contributed by atoms with Crippen molar-refractivity contribution in [3.63, 3.8) is 0 Å². The summed E-state index contributed by atoms with van der Waals surface area (Å²) in [5.74, 6) is -32.7. The van der Waals surface area contributed by atoms with E-state index in [1.165, 1.54) is 0 Å². The average Bonchev–Trinajstić information content (AvgIpc) is 2.89. The van der Waals surface area contributed by atoms with Crippen molar-refractivity contribution in [3.8, 4) is 22.6 Å². The lowest BCUT2D eigenvalue weighted by atomic mass is 9.89. The van der Waals surface area contributed by atoms with Gasteiger partial charge in [0.1, 0.15) is 0 Å². The molecule has 0 bridgehead atoms. The van der Waals surface area contributed by atoms with E-state index in [2.05, 4.69) is 0 Å². The number of hydrogen-bond donors (Lipinski definition) is 0. The molecule has 0 aromatic heterocycles. The normalized spacial score (nSPS) is 11.8. The van der Waals surface area contributed by atoms with E-state index in [4.69, 9.17) is 9.47 Å². The van der Waals surface area contributed by atoms with Crippen molar-refractivity contribution in [1.82, 2.24) is 0 Å². The summed E-state index contributed by atoms with van der Waals surface area (Å²) in [4.78, 5) is 0. The Labute approximate surface area is 210 Å². The van der Waals surface area contributed by atoms with E-state index >= 15 is 17.6 Å². The van der Waals surface area contributed by atoms with Crippen molar-refractivity contribution in [3.05, 3.63) is 69.8 Å². The minimum atomic E-state index is -2.62. The number of fused-ring (bicyclic) bond motifs is 2. The van der Waals surface area contributed by atoms with Crippen LogP contribution in [0.15, 0.2) is 0 Å². The van der Waals surface area contributed by atoms with Gasteiger partial charge in [-0.25, -0.2) is 43.9 Å². The molecule has 0 radical (unpaired) electrons. The largest absolute Gasteiger partial charge is 0.490 e. The summed E-state index contributed by atoms with van der Waals surface area (Å²) in [6.45, 7) is 2.80. The predicted octanol–water partition coefficient (Wildman–Crippen LogP) is 8.52. The molecule has 0 heterocycles. The lowest BCUT2D eigenvalue weighted by molar-refractivity contribution is 0.229. The molecule has 0 aliphatic heterocycles. The third-order valence-electron chi connectivity index (χ3n) is 5.60. The molecule has 4 aromatic rings. The van der Waals surface area contributed by atoms with Gasteiger partial charge < -0.3 is 9.47 Å². The second-order valence-corrected chi connectivity index (χ2v) is 8.28. The summed E-state index contributed by atoms with van der Waals surface area (Å²) < 4.78 is 187. The van der Waals surface area contributed by atoms with Crippen LogP contribution in [0.2, 0.25) is 0 Å². The van der Waals surface area contributed by atoms with Gasteiger partial charge in [-0.1, -0.05) is 0 Å². The van der Waals surface area contributed by atoms with Crippen LogP contribution in [0.1, 0.15) is 20.8 Å². The van der Waals surface area contributed by atoms with Gasteiger partial charge in [0, 0.05) is 21.9 Å². The van der Waals surface area contributed by atoms with Crippen LogP contribution in [-0.4, -0.2) is 12.7 Å². The molecule has 0 saturated carbocycles. The Bertz CT molecular complexity index is 1700. The molecular weight excluding hydrogens is 560 g/mol. The second-order valence-electron chi connectivity index (χ2n) is 8.28. The molecule has 0 saturated heterocycles. The number of benzene rings is 4. The third-order valence-corrected chi connectivity index (χ3v) is 5.60. The van der Waals surface area contributed by atoms with E-state index < -0.39 is 127 Å². The highest BCUT2D eigenvalue weighted by Crippen LogP contribution is 2.52. The molecule has 4 rings (SSSR count). The van der Waals surface area contributed by atoms with E-state index in [0.29, 0.717) is 0 Å². The first-order valence-corrected chi connectivity index (χ1v) is 10.8. The molecule has 0 amide bonds. The van der Waals surface area contributed by atoms with E-state index in [1.54, 1.807) is 0 Å². The summed E-state index contributed by atoms with van der Waals surface area (Å²) in [5.41, 5.74) is -3.10. The Hall–Kier alpha value is -3.84. The van der Waals surface area contributed by atoms with Crippen LogP contribution in [0, 0.1) is 69.8 Å². The number of halogens is 12. The molecule has 208 valence electrons. The summed E-state index contributed by atoms with van der Waals surface area (Å²) >= 11 is 0. The van der Waals surface area contributed by atoms with E-state index in [1.807, 2.05) is 0 Å². The highest BCUT2D eigenvalue weighted by Gasteiger charge is 2.38. The van der Waals surface area contributed by atoms with Crippen LogP contribution in [0.3, 0.4) is 0 Å². The van der Waals surface area contributed by atoms with Gasteiger partial charge in [-0.05, 0) is 20.8 Å². The van der Waals surface area contributed by atoms with Gasteiger partial charge in [0.15, 0.2) is 69.7 Å². The number of ether oxygens (including phenoxy) is 2. The van der Waals surface area contributed by atoms with Crippen molar-refractivity contribution < 1.29 is 62.2 Å². The molecule has 0 atom stereocenters. The predicted molar refractivity (Wildman–Crippen MR) is 113 cm³/mol. The molecular formula is C25H12F12O2. The summed E-state index contributed by atoms with van der Waals surface area (Å²) in [7, 11) is 0. The van der Waals surface area contributed by atoms with Gasteiger partial charge in [0.05, 0.1) is 23.5 Å². The Morgan fingerprint density at radius 2 is 0.744 bits per heavy atom. The van der Waals surface area contributed by atoms with Gasteiger partial charge >= 0.3 is 0 Å². The average molecular weight is 572 g/mol. The van der Waals surface area contributed by atoms with Crippen LogP contribution >= 0.6 is 0 Å². The minimum Gasteiger partial charge on any atom is -0.490 e. The molecule has 0 spiro atoms. The summed E-state index contributed by atoms with van der Waals surface area (Å²) in [6, 6.07) is 0. The first-order valence-electron chi connectivity index (χ1n) is 10.8. The van der Waals surface area contributed by atoms with Crippen LogP contribution < -0.4 is 9.47 Å². The molecule has 0 unspecified atom stereocenters. The summed E-state index contributed by atoms with van der Waals surface area (Å²) in [6.07, 6.45) is -1.21. The van der Waals surface area contributed by atoms with E-state index in [9.17, 15) is 35.1 Å². The lowest BCUT2D eigenvalue weighted by Crippen LogP contribution is -2.13. The third kappa shape index (κ3) is 3.90. The zero-order chi connectivity index (χ0) is 29.2. The highest BCUT2D eigenvalue weighted by molar-refractivity contribution is 6.11. The van der Waals surface area contributed by atoms with Crippen molar-refractivity contribution in [1.29, 1.82) is 0 Å². The van der Waals surface area contributed by atoms with Crippen LogP contribution in [0.5, 0.6) is 11.5 Å². The maximum Gasteiger partial charge on any atom is 0.202 e. The van der Waals surface area contributed by atoms with Gasteiger partial charge in [-0.2, -0.15) is 8.78 Å². The van der Waals surface area contributed by atoms with E-state index in [0.717, 1.165) is 20.8 Å². The fraction of sp³-hybridized carbons (Fsp3) is 0.200. The molecule has 0 fully saturated rings. The van der Waals surface area contributed by atoms with Gasteiger partial charge in [0.25, 0.3) is 0 Å². The van der Waals surface area contributed by atoms with Crippen molar-refractivity contribution in [2.24, 2.45) is 0 Å². The van der Waals surface area contributed by atoms with Crippen LogP contribution in [0.25, 0.3) is 32.7 Å². The standard InChI is InChI=1S/C25H12F12O2/c1-4-38-24-8(6-10(16(30)22(24)36)14(28)20(34)18(32)12(6)26)9-7-11(15(29)21(35)19(33)13(7)27)17(31)23(37)25(9)39-5(2)3/h5H,4H2,1-3H3. The molecule has 4 aromatic carbocycles. The number of hydrogen-bond acceptors (Lipinski definition) is 2. The molecule has 0 aliphatic carbocycles. The van der Waals surface area contributed by atoms with Crippen LogP contribution in [-0.2, 0) is 0 Å². The second kappa shape index (κ2) is 9.72.